The molecular weight excluding hydrogens is 278 g/mol. The van der Waals surface area contributed by atoms with Crippen molar-refractivity contribution in [1.29, 1.82) is 0 Å². The first-order valence-corrected chi connectivity index (χ1v) is 8.12. The molecule has 5 nitrogen and oxygen atoms in total. The second-order valence-electron chi connectivity index (χ2n) is 6.82. The molecule has 118 valence electrons. The van der Waals surface area contributed by atoms with Crippen LogP contribution in [-0.2, 0) is 9.53 Å². The summed E-state index contributed by atoms with van der Waals surface area (Å²) >= 11 is 0. The Balaban J connectivity index is 1.48. The van der Waals surface area contributed by atoms with Crippen LogP contribution in [0.1, 0.15) is 19.8 Å². The van der Waals surface area contributed by atoms with Gasteiger partial charge in [0, 0.05) is 51.1 Å². The van der Waals surface area contributed by atoms with Crippen LogP contribution in [0.5, 0.6) is 0 Å². The number of hydrogen-bond acceptors (Lipinski definition) is 4. The predicted molar refractivity (Wildman–Crippen MR) is 83.4 cm³/mol. The minimum atomic E-state index is -0.283. The highest BCUT2D eigenvalue weighted by Gasteiger charge is 2.35. The number of amides is 1. The quantitative estimate of drug-likeness (QED) is 0.775. The van der Waals surface area contributed by atoms with Gasteiger partial charge in [0.05, 0.1) is 0 Å². The van der Waals surface area contributed by atoms with E-state index in [0.717, 1.165) is 23.8 Å². The summed E-state index contributed by atoms with van der Waals surface area (Å²) in [6.07, 6.45) is 10.7. The van der Waals surface area contributed by atoms with Gasteiger partial charge in [-0.1, -0.05) is 0 Å². The first-order chi connectivity index (χ1) is 10.6. The Morgan fingerprint density at radius 2 is 2.27 bits per heavy atom. The largest absolute Gasteiger partial charge is 0.465 e. The topological polar surface area (TPSA) is 36.0 Å². The molecule has 4 heterocycles. The summed E-state index contributed by atoms with van der Waals surface area (Å²) in [6, 6.07) is 0.541. The van der Waals surface area contributed by atoms with E-state index < -0.39 is 0 Å². The van der Waals surface area contributed by atoms with Gasteiger partial charge < -0.3 is 19.4 Å². The third-order valence-corrected chi connectivity index (χ3v) is 5.29. The van der Waals surface area contributed by atoms with E-state index in [0.29, 0.717) is 6.04 Å². The van der Waals surface area contributed by atoms with Gasteiger partial charge >= 0.3 is 0 Å². The number of piperidine rings is 1. The molecule has 4 aliphatic heterocycles. The van der Waals surface area contributed by atoms with Crippen molar-refractivity contribution in [2.75, 3.05) is 26.7 Å². The highest BCUT2D eigenvalue weighted by Crippen LogP contribution is 2.34. The lowest BCUT2D eigenvalue weighted by Crippen LogP contribution is -2.43. The fraction of sp³-hybridized carbons (Fsp3) is 0.588. The standard InChI is InChI=1S/C17H23N3O2/c1-12(21)18(2)17-8-14-4-6-20(11-16(14)22-17)15-7-13-3-5-19(9-13)10-15/h4,6,8,11,13,15,17H,3,5,7,9-10H2,1-2H3/t13-,15-,17?/m1/s1. The Hall–Kier alpha value is -1.75. The van der Waals surface area contributed by atoms with Gasteiger partial charge in [0.1, 0.15) is 5.76 Å². The molecule has 2 bridgehead atoms. The molecule has 4 rings (SSSR count). The second-order valence-corrected chi connectivity index (χ2v) is 6.82. The lowest BCUT2D eigenvalue weighted by Gasteiger charge is -2.37. The fourth-order valence-corrected chi connectivity index (χ4v) is 3.90. The van der Waals surface area contributed by atoms with Gasteiger partial charge in [-0.05, 0) is 37.5 Å². The third kappa shape index (κ3) is 2.33. The van der Waals surface area contributed by atoms with Gasteiger partial charge in [0.15, 0.2) is 6.23 Å². The van der Waals surface area contributed by atoms with Gasteiger partial charge in [-0.15, -0.1) is 0 Å². The summed E-state index contributed by atoms with van der Waals surface area (Å²) < 4.78 is 5.95. The van der Waals surface area contributed by atoms with Gasteiger partial charge in [-0.2, -0.15) is 0 Å². The summed E-state index contributed by atoms with van der Waals surface area (Å²) in [5.74, 6) is 1.75. The Kier molecular flexibility index (Phi) is 3.26. The molecule has 0 aromatic heterocycles. The highest BCUT2D eigenvalue weighted by atomic mass is 16.5. The van der Waals surface area contributed by atoms with E-state index in [9.17, 15) is 4.79 Å². The van der Waals surface area contributed by atoms with E-state index in [1.165, 1.54) is 25.9 Å². The van der Waals surface area contributed by atoms with Crippen molar-refractivity contribution in [3.63, 3.8) is 0 Å². The molecule has 22 heavy (non-hydrogen) atoms. The Morgan fingerprint density at radius 1 is 1.41 bits per heavy atom. The van der Waals surface area contributed by atoms with Crippen molar-refractivity contribution in [3.05, 3.63) is 35.9 Å². The van der Waals surface area contributed by atoms with Crippen molar-refractivity contribution in [3.8, 4) is 0 Å². The summed E-state index contributed by atoms with van der Waals surface area (Å²) in [4.78, 5) is 18.0. The molecule has 0 saturated carbocycles. The monoisotopic (exact) mass is 301 g/mol. The number of nitrogens with zero attached hydrogens (tertiary/aromatic N) is 3. The molecular formula is C17H23N3O2. The van der Waals surface area contributed by atoms with Crippen LogP contribution < -0.4 is 0 Å². The normalized spacial score (nSPS) is 35.6. The lowest BCUT2D eigenvalue weighted by atomic mass is 9.95. The number of rotatable bonds is 2. The van der Waals surface area contributed by atoms with E-state index in [-0.39, 0.29) is 12.1 Å². The molecule has 2 saturated heterocycles. The molecule has 0 aromatic rings. The summed E-state index contributed by atoms with van der Waals surface area (Å²) in [7, 11) is 1.77. The van der Waals surface area contributed by atoms with E-state index in [1.54, 1.807) is 18.9 Å². The zero-order valence-corrected chi connectivity index (χ0v) is 13.2. The Labute approximate surface area is 131 Å². The number of carbonyl (C=O) groups excluding carboxylic acids is 1. The van der Waals surface area contributed by atoms with Crippen LogP contribution in [0.15, 0.2) is 35.9 Å². The average Bonchev–Trinajstić information content (AvgIpc) is 3.08. The van der Waals surface area contributed by atoms with Crippen LogP contribution >= 0.6 is 0 Å². The first kappa shape index (κ1) is 13.9. The molecule has 0 radical (unpaired) electrons. The van der Waals surface area contributed by atoms with E-state index >= 15 is 0 Å². The minimum absolute atomic E-state index is 0.0126. The van der Waals surface area contributed by atoms with Crippen LogP contribution in [0.3, 0.4) is 0 Å². The molecule has 2 unspecified atom stereocenters. The van der Waals surface area contributed by atoms with Crippen molar-refractivity contribution < 1.29 is 9.53 Å². The Bertz CT molecular complexity index is 568. The lowest BCUT2D eigenvalue weighted by molar-refractivity contribution is -0.134. The summed E-state index contributed by atoms with van der Waals surface area (Å²) in [5.41, 5.74) is 1.08. The molecule has 2 fully saturated rings. The summed E-state index contributed by atoms with van der Waals surface area (Å²) in [5, 5.41) is 0. The Morgan fingerprint density at radius 3 is 3.05 bits per heavy atom. The molecule has 1 amide bonds. The van der Waals surface area contributed by atoms with Crippen LogP contribution in [0.25, 0.3) is 0 Å². The molecule has 4 aliphatic rings. The van der Waals surface area contributed by atoms with Crippen LogP contribution in [0, 0.1) is 5.92 Å². The molecule has 4 atom stereocenters. The van der Waals surface area contributed by atoms with Crippen molar-refractivity contribution >= 4 is 5.91 Å². The van der Waals surface area contributed by atoms with E-state index in [2.05, 4.69) is 28.3 Å². The van der Waals surface area contributed by atoms with Crippen molar-refractivity contribution in [1.82, 2.24) is 14.7 Å². The molecule has 5 heteroatoms. The molecule has 0 N–H and O–H groups in total. The van der Waals surface area contributed by atoms with Gasteiger partial charge in [0.25, 0.3) is 0 Å². The maximum atomic E-state index is 11.5. The number of allylic oxidation sites excluding steroid dienone is 1. The third-order valence-electron chi connectivity index (χ3n) is 5.29. The van der Waals surface area contributed by atoms with Crippen LogP contribution in [-0.4, -0.2) is 59.6 Å². The van der Waals surface area contributed by atoms with Crippen molar-refractivity contribution in [2.24, 2.45) is 5.92 Å². The molecule has 0 aromatic carbocycles. The molecule has 0 aliphatic carbocycles. The zero-order valence-electron chi connectivity index (χ0n) is 13.2. The van der Waals surface area contributed by atoms with Gasteiger partial charge in [-0.25, -0.2) is 0 Å². The SMILES string of the molecule is CC(=O)N(C)C1C=C2C=CN([C@@H]3C[C@H]4CCN(C4)C3)C=C2O1. The number of hydrogen-bond donors (Lipinski definition) is 0. The fourth-order valence-electron chi connectivity index (χ4n) is 3.90. The zero-order chi connectivity index (χ0) is 15.3. The first-order valence-electron chi connectivity index (χ1n) is 8.12. The average molecular weight is 301 g/mol. The van der Waals surface area contributed by atoms with Crippen molar-refractivity contribution in [2.45, 2.75) is 32.0 Å². The van der Waals surface area contributed by atoms with E-state index in [4.69, 9.17) is 4.74 Å². The molecule has 0 spiro atoms. The van der Waals surface area contributed by atoms with Crippen LogP contribution in [0.4, 0.5) is 0 Å². The highest BCUT2D eigenvalue weighted by molar-refractivity contribution is 5.73. The smallest absolute Gasteiger partial charge is 0.222 e. The maximum absolute atomic E-state index is 11.5. The van der Waals surface area contributed by atoms with Gasteiger partial charge in [0.2, 0.25) is 5.91 Å². The number of ether oxygens (including phenoxy) is 1. The number of likely N-dealkylation sites (N-methyl/N-ethyl adjacent to an activating group) is 1. The van der Waals surface area contributed by atoms with Gasteiger partial charge in [-0.3, -0.25) is 4.79 Å². The number of fused-ring (bicyclic) bond motifs is 3. The summed E-state index contributed by atoms with van der Waals surface area (Å²) in [6.45, 7) is 5.23. The predicted octanol–water partition coefficient (Wildman–Crippen LogP) is 1.51. The minimum Gasteiger partial charge on any atom is -0.465 e. The maximum Gasteiger partial charge on any atom is 0.222 e. The second kappa shape index (κ2) is 5.16. The van der Waals surface area contributed by atoms with E-state index in [1.807, 2.05) is 6.08 Å². The van der Waals surface area contributed by atoms with Crippen LogP contribution in [0.2, 0.25) is 0 Å². The number of carbonyl (C=O) groups is 1.